The number of nitrogens with zero attached hydrogens (tertiary/aromatic N) is 1. The molecule has 0 atom stereocenters. The molecule has 1 N–H and O–H groups in total. The summed E-state index contributed by atoms with van der Waals surface area (Å²) < 4.78 is 15.7. The Labute approximate surface area is 204 Å². The molecule has 8 heteroatoms. The van der Waals surface area contributed by atoms with Crippen molar-refractivity contribution in [2.45, 2.75) is 52.7 Å². The first kappa shape index (κ1) is 25.7. The number of aromatic nitrogens is 1. The average molecular weight is 479 g/mol. The van der Waals surface area contributed by atoms with E-state index in [2.05, 4.69) is 10.3 Å². The van der Waals surface area contributed by atoms with Crippen molar-refractivity contribution in [2.75, 3.05) is 12.4 Å². The quantitative estimate of drug-likeness (QED) is 0.363. The maximum absolute atomic E-state index is 12.6. The molecule has 0 saturated carbocycles. The van der Waals surface area contributed by atoms with Crippen molar-refractivity contribution < 1.29 is 28.6 Å². The van der Waals surface area contributed by atoms with Gasteiger partial charge in [0.15, 0.2) is 0 Å². The lowest BCUT2D eigenvalue weighted by molar-refractivity contribution is 0.00625. The first-order valence-electron chi connectivity index (χ1n) is 11.1. The summed E-state index contributed by atoms with van der Waals surface area (Å²) in [5.74, 6) is -1.13. The van der Waals surface area contributed by atoms with E-state index in [-0.39, 0.29) is 16.9 Å². The van der Waals surface area contributed by atoms with Crippen molar-refractivity contribution in [3.05, 3.63) is 59.8 Å². The molecular formula is C27H30N2O6. The van der Waals surface area contributed by atoms with Crippen LogP contribution in [0.25, 0.3) is 22.0 Å². The van der Waals surface area contributed by atoms with Crippen LogP contribution in [0.4, 0.5) is 10.5 Å². The molecule has 0 aliphatic carbocycles. The maximum atomic E-state index is 12.6. The van der Waals surface area contributed by atoms with Gasteiger partial charge in [-0.15, -0.1) is 0 Å². The number of hydrogen-bond donors (Lipinski definition) is 1. The van der Waals surface area contributed by atoms with Crippen LogP contribution in [-0.2, 0) is 14.2 Å². The number of carbonyl (C=O) groups excluding carboxylic acids is 3. The summed E-state index contributed by atoms with van der Waals surface area (Å²) in [5, 5.41) is 4.06. The Morgan fingerprint density at radius 3 is 2.11 bits per heavy atom. The highest BCUT2D eigenvalue weighted by molar-refractivity contribution is 6.11. The number of fused-ring (bicyclic) bond motifs is 1. The summed E-state index contributed by atoms with van der Waals surface area (Å²) in [6.45, 7) is 10.6. The molecule has 1 aromatic heterocycles. The van der Waals surface area contributed by atoms with Crippen LogP contribution in [0.1, 0.15) is 62.4 Å². The minimum Gasteiger partial charge on any atom is -0.465 e. The molecule has 0 aliphatic rings. The number of amides is 1. The number of hydrogen-bond acceptors (Lipinski definition) is 7. The van der Waals surface area contributed by atoms with E-state index in [1.165, 1.54) is 7.11 Å². The zero-order chi connectivity index (χ0) is 26.0. The summed E-state index contributed by atoms with van der Waals surface area (Å²) in [6.07, 6.45) is -0.703. The average Bonchev–Trinajstić information content (AvgIpc) is 2.76. The highest BCUT2D eigenvalue weighted by Crippen LogP contribution is 2.32. The van der Waals surface area contributed by atoms with Crippen molar-refractivity contribution >= 4 is 34.5 Å². The van der Waals surface area contributed by atoms with Crippen molar-refractivity contribution in [3.8, 4) is 11.3 Å². The monoisotopic (exact) mass is 478 g/mol. The Morgan fingerprint density at radius 1 is 0.829 bits per heavy atom. The largest absolute Gasteiger partial charge is 0.465 e. The third kappa shape index (κ3) is 6.56. The van der Waals surface area contributed by atoms with Crippen molar-refractivity contribution in [1.82, 2.24) is 4.98 Å². The van der Waals surface area contributed by atoms with Gasteiger partial charge < -0.3 is 14.2 Å². The maximum Gasteiger partial charge on any atom is 0.412 e. The number of pyridine rings is 1. The van der Waals surface area contributed by atoms with Gasteiger partial charge in [0.2, 0.25) is 0 Å². The lowest BCUT2D eigenvalue weighted by Crippen LogP contribution is -2.28. The molecule has 1 heterocycles. The molecule has 3 rings (SSSR count). The van der Waals surface area contributed by atoms with E-state index < -0.39 is 29.2 Å². The van der Waals surface area contributed by atoms with E-state index in [1.807, 2.05) is 12.1 Å². The summed E-state index contributed by atoms with van der Waals surface area (Å²) in [7, 11) is 1.27. The predicted molar refractivity (Wildman–Crippen MR) is 134 cm³/mol. The Hall–Kier alpha value is -3.94. The second-order valence-corrected chi connectivity index (χ2v) is 9.95. The molecular weight excluding hydrogens is 448 g/mol. The van der Waals surface area contributed by atoms with Crippen LogP contribution in [0.2, 0.25) is 0 Å². The van der Waals surface area contributed by atoms with Crippen molar-refractivity contribution in [3.63, 3.8) is 0 Å². The van der Waals surface area contributed by atoms with Gasteiger partial charge in [0.05, 0.1) is 24.1 Å². The highest BCUT2D eigenvalue weighted by Gasteiger charge is 2.22. The number of benzene rings is 2. The van der Waals surface area contributed by atoms with Crippen LogP contribution >= 0.6 is 0 Å². The van der Waals surface area contributed by atoms with Gasteiger partial charge >= 0.3 is 18.0 Å². The van der Waals surface area contributed by atoms with Crippen LogP contribution in [0.3, 0.4) is 0 Å². The molecule has 0 bridgehead atoms. The Kier molecular flexibility index (Phi) is 7.14. The van der Waals surface area contributed by atoms with Gasteiger partial charge in [-0.05, 0) is 71.2 Å². The van der Waals surface area contributed by atoms with Gasteiger partial charge in [0.25, 0.3) is 0 Å². The molecule has 0 unspecified atom stereocenters. The summed E-state index contributed by atoms with van der Waals surface area (Å²) in [4.78, 5) is 42.0. The zero-order valence-electron chi connectivity index (χ0n) is 21.0. The van der Waals surface area contributed by atoms with E-state index in [1.54, 1.807) is 77.9 Å². The second-order valence-electron chi connectivity index (χ2n) is 9.95. The van der Waals surface area contributed by atoms with Crippen molar-refractivity contribution in [1.29, 1.82) is 0 Å². The fourth-order valence-electron chi connectivity index (χ4n) is 3.34. The highest BCUT2D eigenvalue weighted by atomic mass is 16.6. The molecule has 2 aromatic carbocycles. The van der Waals surface area contributed by atoms with Crippen LogP contribution in [0.15, 0.2) is 48.5 Å². The second kappa shape index (κ2) is 9.74. The third-order valence-corrected chi connectivity index (χ3v) is 4.71. The standard InChI is InChI=1S/C27H30N2O6/c1-26(2,3)34-24(31)21-10-8-9-20(28-21)17-12-11-16-13-14-18(23(30)33-7)22(19(16)15-17)29-25(32)35-27(4,5)6/h8-15H,1-7H3,(H,29,32). The minimum absolute atomic E-state index is 0.174. The van der Waals surface area contributed by atoms with Gasteiger partial charge in [-0.2, -0.15) is 0 Å². The molecule has 8 nitrogen and oxygen atoms in total. The topological polar surface area (TPSA) is 104 Å². The lowest BCUT2D eigenvalue weighted by Gasteiger charge is -2.21. The van der Waals surface area contributed by atoms with Crippen LogP contribution < -0.4 is 5.32 Å². The summed E-state index contributed by atoms with van der Waals surface area (Å²) in [6, 6.07) is 13.9. The van der Waals surface area contributed by atoms with Gasteiger partial charge in [-0.1, -0.05) is 24.3 Å². The first-order valence-corrected chi connectivity index (χ1v) is 11.1. The lowest BCUT2D eigenvalue weighted by atomic mass is 10.00. The smallest absolute Gasteiger partial charge is 0.412 e. The summed E-state index contributed by atoms with van der Waals surface area (Å²) in [5.41, 5.74) is 0.445. The predicted octanol–water partition coefficient (Wildman–Crippen LogP) is 5.99. The van der Waals surface area contributed by atoms with E-state index in [9.17, 15) is 14.4 Å². The first-order chi connectivity index (χ1) is 16.3. The van der Waals surface area contributed by atoms with Crippen molar-refractivity contribution in [2.24, 2.45) is 0 Å². The number of anilines is 1. The zero-order valence-corrected chi connectivity index (χ0v) is 21.0. The molecule has 0 radical (unpaired) electrons. The fourth-order valence-corrected chi connectivity index (χ4v) is 3.34. The Morgan fingerprint density at radius 2 is 1.49 bits per heavy atom. The number of esters is 2. The molecule has 0 fully saturated rings. The number of ether oxygens (including phenoxy) is 3. The van der Waals surface area contributed by atoms with E-state index in [4.69, 9.17) is 14.2 Å². The fraction of sp³-hybridized carbons (Fsp3) is 0.333. The molecule has 35 heavy (non-hydrogen) atoms. The SMILES string of the molecule is COC(=O)c1ccc2ccc(-c3cccc(C(=O)OC(C)(C)C)n3)cc2c1NC(=O)OC(C)(C)C. The van der Waals surface area contributed by atoms with Gasteiger partial charge in [0.1, 0.15) is 16.9 Å². The van der Waals surface area contributed by atoms with Gasteiger partial charge in [-0.3, -0.25) is 5.32 Å². The number of rotatable bonds is 4. The Balaban J connectivity index is 2.10. The number of carbonyl (C=O) groups is 3. The van der Waals surface area contributed by atoms with Crippen LogP contribution in [-0.4, -0.2) is 41.3 Å². The van der Waals surface area contributed by atoms with Gasteiger partial charge in [0, 0.05) is 10.9 Å². The van der Waals surface area contributed by atoms with E-state index >= 15 is 0 Å². The van der Waals surface area contributed by atoms with Crippen LogP contribution in [0.5, 0.6) is 0 Å². The number of nitrogens with one attached hydrogen (secondary N) is 1. The molecule has 1 amide bonds. The molecule has 3 aromatic rings. The Bertz CT molecular complexity index is 1290. The summed E-state index contributed by atoms with van der Waals surface area (Å²) >= 11 is 0. The normalized spacial score (nSPS) is 11.6. The van der Waals surface area contributed by atoms with Crippen LogP contribution in [0, 0.1) is 0 Å². The molecule has 0 saturated heterocycles. The van der Waals surface area contributed by atoms with E-state index in [0.29, 0.717) is 16.6 Å². The minimum atomic E-state index is -0.725. The van der Waals surface area contributed by atoms with E-state index in [0.717, 1.165) is 5.39 Å². The van der Waals surface area contributed by atoms with Gasteiger partial charge in [-0.25, -0.2) is 19.4 Å². The molecule has 0 aliphatic heterocycles. The molecule has 0 spiro atoms. The third-order valence-electron chi connectivity index (χ3n) is 4.71. The number of methoxy groups -OCH3 is 1. The molecule has 184 valence electrons.